The van der Waals surface area contributed by atoms with E-state index in [1.165, 1.54) is 7.11 Å². The average molecular weight is 383 g/mol. The van der Waals surface area contributed by atoms with Gasteiger partial charge in [0.15, 0.2) is 6.61 Å². The minimum Gasteiger partial charge on any atom is -0.484 e. The molecule has 2 rings (SSSR count). The van der Waals surface area contributed by atoms with E-state index >= 15 is 0 Å². The average Bonchev–Trinajstić information content (AvgIpc) is 2.67. The monoisotopic (exact) mass is 383 g/mol. The van der Waals surface area contributed by atoms with E-state index in [4.69, 9.17) is 4.74 Å². The van der Waals surface area contributed by atoms with Crippen LogP contribution in [-0.4, -0.2) is 25.6 Å². The summed E-state index contributed by atoms with van der Waals surface area (Å²) in [6.07, 6.45) is 0.210. The van der Waals surface area contributed by atoms with Gasteiger partial charge in [0.1, 0.15) is 5.75 Å². The van der Waals surface area contributed by atoms with Crippen LogP contribution in [-0.2, 0) is 20.7 Å². The zero-order chi connectivity index (χ0) is 20.7. The second-order valence-electron chi connectivity index (χ2n) is 7.35. The topological polar surface area (TPSA) is 64.6 Å². The molecule has 0 aliphatic heterocycles. The molecule has 1 N–H and O–H groups in total. The summed E-state index contributed by atoms with van der Waals surface area (Å²) >= 11 is 0. The van der Waals surface area contributed by atoms with Crippen molar-refractivity contribution in [1.82, 2.24) is 0 Å². The van der Waals surface area contributed by atoms with Gasteiger partial charge in [-0.1, -0.05) is 58.0 Å². The third-order valence-electron chi connectivity index (χ3n) is 4.51. The van der Waals surface area contributed by atoms with Crippen LogP contribution in [0.5, 0.6) is 5.75 Å². The van der Waals surface area contributed by atoms with Gasteiger partial charge in [0.25, 0.3) is 5.91 Å². The van der Waals surface area contributed by atoms with Crippen LogP contribution in [0.15, 0.2) is 42.5 Å². The molecule has 0 saturated carbocycles. The summed E-state index contributed by atoms with van der Waals surface area (Å²) in [7, 11) is 1.36. The van der Waals surface area contributed by atoms with Crippen LogP contribution in [0.4, 0.5) is 5.69 Å². The Labute approximate surface area is 167 Å². The number of esters is 1. The second-order valence-corrected chi connectivity index (χ2v) is 7.35. The van der Waals surface area contributed by atoms with Crippen LogP contribution in [0.2, 0.25) is 0 Å². The van der Waals surface area contributed by atoms with E-state index in [-0.39, 0.29) is 24.9 Å². The summed E-state index contributed by atoms with van der Waals surface area (Å²) in [6, 6.07) is 13.2. The summed E-state index contributed by atoms with van der Waals surface area (Å²) in [5, 5.41) is 3.03. The SMILES string of the molecule is COC(=O)Cc1ccc(OCC(=O)Nc2c(C(C)C)cccc2C(C)C)cc1. The zero-order valence-electron chi connectivity index (χ0n) is 17.2. The van der Waals surface area contributed by atoms with Gasteiger partial charge in [0.05, 0.1) is 13.5 Å². The molecule has 28 heavy (non-hydrogen) atoms. The van der Waals surface area contributed by atoms with Gasteiger partial charge >= 0.3 is 5.97 Å². The molecule has 5 heteroatoms. The highest BCUT2D eigenvalue weighted by molar-refractivity contribution is 5.93. The molecular weight excluding hydrogens is 354 g/mol. The Balaban J connectivity index is 2.02. The number of rotatable bonds is 8. The van der Waals surface area contributed by atoms with E-state index in [1.807, 2.05) is 18.2 Å². The van der Waals surface area contributed by atoms with Gasteiger partial charge in [0.2, 0.25) is 0 Å². The maximum Gasteiger partial charge on any atom is 0.309 e. The molecule has 0 fully saturated rings. The first kappa shape index (κ1) is 21.5. The molecule has 0 atom stereocenters. The van der Waals surface area contributed by atoms with Crippen molar-refractivity contribution in [3.05, 3.63) is 59.2 Å². The maximum atomic E-state index is 12.5. The first-order valence-corrected chi connectivity index (χ1v) is 9.53. The van der Waals surface area contributed by atoms with Crippen LogP contribution in [0, 0.1) is 0 Å². The van der Waals surface area contributed by atoms with E-state index in [9.17, 15) is 9.59 Å². The molecule has 1 amide bonds. The molecule has 2 aromatic carbocycles. The number of methoxy groups -OCH3 is 1. The van der Waals surface area contributed by atoms with E-state index in [2.05, 4.69) is 37.7 Å². The van der Waals surface area contributed by atoms with Crippen LogP contribution in [0.25, 0.3) is 0 Å². The third kappa shape index (κ3) is 5.84. The second kappa shape index (κ2) is 9.93. The largest absolute Gasteiger partial charge is 0.484 e. The number of amides is 1. The van der Waals surface area contributed by atoms with E-state index in [0.717, 1.165) is 22.4 Å². The summed E-state index contributed by atoms with van der Waals surface area (Å²) in [6.45, 7) is 8.37. The van der Waals surface area contributed by atoms with Crippen molar-refractivity contribution in [2.45, 2.75) is 46.0 Å². The summed E-state index contributed by atoms with van der Waals surface area (Å²) in [4.78, 5) is 23.8. The van der Waals surface area contributed by atoms with E-state index in [1.54, 1.807) is 24.3 Å². The Morgan fingerprint density at radius 2 is 1.50 bits per heavy atom. The molecule has 0 bridgehead atoms. The third-order valence-corrected chi connectivity index (χ3v) is 4.51. The molecule has 0 aliphatic rings. The Morgan fingerprint density at radius 3 is 2.00 bits per heavy atom. The van der Waals surface area contributed by atoms with Gasteiger partial charge in [-0.15, -0.1) is 0 Å². The molecule has 150 valence electrons. The van der Waals surface area contributed by atoms with Gasteiger partial charge in [-0.3, -0.25) is 9.59 Å². The zero-order valence-corrected chi connectivity index (χ0v) is 17.2. The number of carbonyl (C=O) groups excluding carboxylic acids is 2. The molecule has 0 aliphatic carbocycles. The summed E-state index contributed by atoms with van der Waals surface area (Å²) in [5.74, 6) is 0.686. The van der Waals surface area contributed by atoms with Crippen LogP contribution in [0.3, 0.4) is 0 Å². The standard InChI is InChI=1S/C23H29NO4/c1-15(2)19-7-6-8-20(16(3)4)23(19)24-21(25)14-28-18-11-9-17(10-12-18)13-22(26)27-5/h6-12,15-16H,13-14H2,1-5H3,(H,24,25). The predicted molar refractivity (Wildman–Crippen MR) is 111 cm³/mol. The molecular formula is C23H29NO4. The van der Waals surface area contributed by atoms with Crippen molar-refractivity contribution in [2.75, 3.05) is 19.0 Å². The molecule has 0 unspecified atom stereocenters. The van der Waals surface area contributed by atoms with Crippen LogP contribution in [0.1, 0.15) is 56.2 Å². The summed E-state index contributed by atoms with van der Waals surface area (Å²) < 4.78 is 10.2. The number of ether oxygens (including phenoxy) is 2. The number of anilines is 1. The van der Waals surface area contributed by atoms with Crippen molar-refractivity contribution < 1.29 is 19.1 Å². The molecule has 0 heterocycles. The highest BCUT2D eigenvalue weighted by Gasteiger charge is 2.16. The van der Waals surface area contributed by atoms with E-state index < -0.39 is 0 Å². The maximum absolute atomic E-state index is 12.5. The quantitative estimate of drug-likeness (QED) is 0.673. The lowest BCUT2D eigenvalue weighted by Crippen LogP contribution is -2.22. The first-order chi connectivity index (χ1) is 13.3. The minimum atomic E-state index is -0.294. The number of benzene rings is 2. The number of carbonyl (C=O) groups is 2. The fourth-order valence-electron chi connectivity index (χ4n) is 2.96. The van der Waals surface area contributed by atoms with Gasteiger partial charge in [-0.05, 0) is 40.7 Å². The van der Waals surface area contributed by atoms with Crippen molar-refractivity contribution in [3.63, 3.8) is 0 Å². The molecule has 0 saturated heterocycles. The van der Waals surface area contributed by atoms with E-state index in [0.29, 0.717) is 17.6 Å². The van der Waals surface area contributed by atoms with Gasteiger partial charge < -0.3 is 14.8 Å². The van der Waals surface area contributed by atoms with Crippen molar-refractivity contribution in [3.8, 4) is 5.75 Å². The van der Waals surface area contributed by atoms with Crippen LogP contribution < -0.4 is 10.1 Å². The van der Waals surface area contributed by atoms with Crippen molar-refractivity contribution in [2.24, 2.45) is 0 Å². The smallest absolute Gasteiger partial charge is 0.309 e. The Bertz CT molecular complexity index is 784. The van der Waals surface area contributed by atoms with Gasteiger partial charge in [-0.25, -0.2) is 0 Å². The lowest BCUT2D eigenvalue weighted by Gasteiger charge is -2.20. The van der Waals surface area contributed by atoms with Gasteiger partial charge in [-0.2, -0.15) is 0 Å². The fraction of sp³-hybridized carbons (Fsp3) is 0.391. The molecule has 5 nitrogen and oxygen atoms in total. The lowest BCUT2D eigenvalue weighted by atomic mass is 9.92. The first-order valence-electron chi connectivity index (χ1n) is 9.53. The number of hydrogen-bond donors (Lipinski definition) is 1. The molecule has 0 radical (unpaired) electrons. The Kier molecular flexibility index (Phi) is 7.61. The summed E-state index contributed by atoms with van der Waals surface area (Å²) in [5.41, 5.74) is 3.95. The molecule has 0 aromatic heterocycles. The fourth-order valence-corrected chi connectivity index (χ4v) is 2.96. The normalized spacial score (nSPS) is 10.8. The Hall–Kier alpha value is -2.82. The number of hydrogen-bond acceptors (Lipinski definition) is 4. The minimum absolute atomic E-state index is 0.0830. The Morgan fingerprint density at radius 1 is 0.929 bits per heavy atom. The number of para-hydroxylation sites is 1. The number of nitrogens with one attached hydrogen (secondary N) is 1. The highest BCUT2D eigenvalue weighted by Crippen LogP contribution is 2.32. The molecule has 2 aromatic rings. The lowest BCUT2D eigenvalue weighted by molar-refractivity contribution is -0.139. The predicted octanol–water partition coefficient (Wildman–Crippen LogP) is 4.67. The molecule has 0 spiro atoms. The van der Waals surface area contributed by atoms with Crippen molar-refractivity contribution in [1.29, 1.82) is 0 Å². The van der Waals surface area contributed by atoms with Crippen molar-refractivity contribution >= 4 is 17.6 Å². The van der Waals surface area contributed by atoms with Crippen LogP contribution >= 0.6 is 0 Å². The highest BCUT2D eigenvalue weighted by atomic mass is 16.5. The van der Waals surface area contributed by atoms with Gasteiger partial charge in [0, 0.05) is 5.69 Å².